The van der Waals surface area contributed by atoms with E-state index in [1.54, 1.807) is 25.3 Å². The summed E-state index contributed by atoms with van der Waals surface area (Å²) >= 11 is 0. The van der Waals surface area contributed by atoms with Crippen molar-refractivity contribution in [1.29, 1.82) is 0 Å². The molecule has 1 fully saturated rings. The third-order valence-corrected chi connectivity index (χ3v) is 3.98. The Balaban J connectivity index is 1.69. The molecule has 0 spiro atoms. The van der Waals surface area contributed by atoms with Gasteiger partial charge in [0.15, 0.2) is 6.61 Å². The predicted octanol–water partition coefficient (Wildman–Crippen LogP) is 2.52. The van der Waals surface area contributed by atoms with Gasteiger partial charge in [0.25, 0.3) is 5.91 Å². The molecule has 1 aliphatic rings. The van der Waals surface area contributed by atoms with Gasteiger partial charge in [-0.15, -0.1) is 6.58 Å². The van der Waals surface area contributed by atoms with Crippen LogP contribution >= 0.6 is 0 Å². The molecule has 0 atom stereocenters. The Kier molecular flexibility index (Phi) is 6.94. The summed E-state index contributed by atoms with van der Waals surface area (Å²) in [5.74, 6) is 2.00. The zero-order valence-corrected chi connectivity index (χ0v) is 13.7. The molecule has 1 aliphatic heterocycles. The maximum atomic E-state index is 12.2. The van der Waals surface area contributed by atoms with Crippen LogP contribution in [0.15, 0.2) is 36.9 Å². The van der Waals surface area contributed by atoms with Gasteiger partial charge >= 0.3 is 0 Å². The van der Waals surface area contributed by atoms with E-state index in [2.05, 4.69) is 6.58 Å². The smallest absolute Gasteiger partial charge is 0.260 e. The van der Waals surface area contributed by atoms with Crippen LogP contribution < -0.4 is 9.47 Å². The highest BCUT2D eigenvalue weighted by Gasteiger charge is 2.23. The lowest BCUT2D eigenvalue weighted by atomic mass is 9.98. The first kappa shape index (κ1) is 17.3. The van der Waals surface area contributed by atoms with Crippen LogP contribution in [-0.4, -0.2) is 50.8 Å². The average molecular weight is 319 g/mol. The number of benzene rings is 1. The highest BCUT2D eigenvalue weighted by Crippen LogP contribution is 2.19. The Morgan fingerprint density at radius 2 is 1.91 bits per heavy atom. The number of nitrogens with zero attached hydrogens (tertiary/aromatic N) is 1. The van der Waals surface area contributed by atoms with Crippen molar-refractivity contribution in [3.05, 3.63) is 36.9 Å². The van der Waals surface area contributed by atoms with Gasteiger partial charge in [0.05, 0.1) is 13.7 Å². The molecule has 23 heavy (non-hydrogen) atoms. The topological polar surface area (TPSA) is 48.0 Å². The van der Waals surface area contributed by atoms with Crippen molar-refractivity contribution < 1.29 is 19.0 Å². The fraction of sp³-hybridized carbons (Fsp3) is 0.500. The first-order valence-corrected chi connectivity index (χ1v) is 7.96. The number of amides is 1. The van der Waals surface area contributed by atoms with Crippen molar-refractivity contribution in [3.8, 4) is 11.5 Å². The summed E-state index contributed by atoms with van der Waals surface area (Å²) in [6, 6.07) is 7.23. The van der Waals surface area contributed by atoms with E-state index in [-0.39, 0.29) is 12.5 Å². The third-order valence-electron chi connectivity index (χ3n) is 3.98. The Hall–Kier alpha value is -2.01. The SMILES string of the molecule is C=CCOCC1CCN(C(=O)COc2ccc(OC)cc2)CC1. The van der Waals surface area contributed by atoms with Gasteiger partial charge in [-0.25, -0.2) is 0 Å². The van der Waals surface area contributed by atoms with E-state index in [9.17, 15) is 4.79 Å². The van der Waals surface area contributed by atoms with Crippen molar-refractivity contribution in [1.82, 2.24) is 4.90 Å². The maximum Gasteiger partial charge on any atom is 0.260 e. The summed E-state index contributed by atoms with van der Waals surface area (Å²) in [5, 5.41) is 0. The number of carbonyl (C=O) groups excluding carboxylic acids is 1. The van der Waals surface area contributed by atoms with Crippen LogP contribution in [0.4, 0.5) is 0 Å². The van der Waals surface area contributed by atoms with Crippen LogP contribution in [0.2, 0.25) is 0 Å². The number of carbonyl (C=O) groups is 1. The zero-order valence-electron chi connectivity index (χ0n) is 13.7. The lowest BCUT2D eigenvalue weighted by Crippen LogP contribution is -2.41. The molecule has 5 heteroatoms. The van der Waals surface area contributed by atoms with E-state index in [4.69, 9.17) is 14.2 Å². The Bertz CT molecular complexity index is 492. The minimum absolute atomic E-state index is 0.0336. The standard InChI is InChI=1S/C18H25NO4/c1-3-12-22-13-15-8-10-19(11-9-15)18(20)14-23-17-6-4-16(21-2)5-7-17/h3-7,15H,1,8-14H2,2H3. The fourth-order valence-corrected chi connectivity index (χ4v) is 2.58. The number of hydrogen-bond acceptors (Lipinski definition) is 4. The predicted molar refractivity (Wildman–Crippen MR) is 88.8 cm³/mol. The Labute approximate surface area is 137 Å². The van der Waals surface area contributed by atoms with E-state index in [0.29, 0.717) is 18.3 Å². The van der Waals surface area contributed by atoms with Crippen molar-refractivity contribution in [2.24, 2.45) is 5.92 Å². The molecule has 0 bridgehead atoms. The minimum Gasteiger partial charge on any atom is -0.497 e. The zero-order chi connectivity index (χ0) is 16.5. The van der Waals surface area contributed by atoms with Gasteiger partial charge in [-0.2, -0.15) is 0 Å². The normalized spacial score (nSPS) is 15.3. The van der Waals surface area contributed by atoms with Crippen molar-refractivity contribution in [3.63, 3.8) is 0 Å². The molecule has 2 rings (SSSR count). The van der Waals surface area contributed by atoms with Crippen LogP contribution in [0.3, 0.4) is 0 Å². The van der Waals surface area contributed by atoms with Crippen LogP contribution in [0.1, 0.15) is 12.8 Å². The average Bonchev–Trinajstić information content (AvgIpc) is 2.61. The van der Waals surface area contributed by atoms with E-state index in [1.807, 2.05) is 17.0 Å². The molecular weight excluding hydrogens is 294 g/mol. The number of piperidine rings is 1. The van der Waals surface area contributed by atoms with Crippen molar-refractivity contribution in [2.45, 2.75) is 12.8 Å². The number of hydrogen-bond donors (Lipinski definition) is 0. The van der Waals surface area contributed by atoms with E-state index >= 15 is 0 Å². The second-order valence-corrected chi connectivity index (χ2v) is 5.61. The lowest BCUT2D eigenvalue weighted by Gasteiger charge is -2.31. The molecule has 1 heterocycles. The quantitative estimate of drug-likeness (QED) is 0.546. The van der Waals surface area contributed by atoms with Crippen molar-refractivity contribution in [2.75, 3.05) is 40.0 Å². The monoisotopic (exact) mass is 319 g/mol. The first-order valence-electron chi connectivity index (χ1n) is 7.96. The first-order chi connectivity index (χ1) is 11.2. The number of rotatable bonds is 8. The summed E-state index contributed by atoms with van der Waals surface area (Å²) in [4.78, 5) is 14.1. The summed E-state index contributed by atoms with van der Waals surface area (Å²) in [5.41, 5.74) is 0. The van der Waals surface area contributed by atoms with Crippen LogP contribution in [-0.2, 0) is 9.53 Å². The van der Waals surface area contributed by atoms with Crippen LogP contribution in [0, 0.1) is 5.92 Å². The lowest BCUT2D eigenvalue weighted by molar-refractivity contribution is -0.135. The molecule has 126 valence electrons. The molecule has 0 aromatic heterocycles. The number of ether oxygens (including phenoxy) is 3. The summed E-state index contributed by atoms with van der Waals surface area (Å²) in [6.07, 6.45) is 3.71. The van der Waals surface area contributed by atoms with E-state index in [0.717, 1.165) is 38.3 Å². The molecule has 0 radical (unpaired) electrons. The molecule has 1 amide bonds. The van der Waals surface area contributed by atoms with Gasteiger partial charge in [0.2, 0.25) is 0 Å². The number of likely N-dealkylation sites (tertiary alicyclic amines) is 1. The largest absolute Gasteiger partial charge is 0.497 e. The Morgan fingerprint density at radius 3 is 2.52 bits per heavy atom. The van der Waals surface area contributed by atoms with Crippen LogP contribution in [0.5, 0.6) is 11.5 Å². The highest BCUT2D eigenvalue weighted by atomic mass is 16.5. The third kappa shape index (κ3) is 5.60. The molecule has 5 nitrogen and oxygen atoms in total. The maximum absolute atomic E-state index is 12.2. The van der Waals surface area contributed by atoms with Gasteiger partial charge < -0.3 is 19.1 Å². The fourth-order valence-electron chi connectivity index (χ4n) is 2.58. The highest BCUT2D eigenvalue weighted by molar-refractivity contribution is 5.77. The Morgan fingerprint density at radius 1 is 1.26 bits per heavy atom. The molecule has 1 aromatic carbocycles. The summed E-state index contributed by atoms with van der Waals surface area (Å²) in [6.45, 7) is 6.59. The van der Waals surface area contributed by atoms with E-state index < -0.39 is 0 Å². The van der Waals surface area contributed by atoms with Gasteiger partial charge in [-0.05, 0) is 43.0 Å². The van der Waals surface area contributed by atoms with Crippen LogP contribution in [0.25, 0.3) is 0 Å². The molecule has 1 saturated heterocycles. The minimum atomic E-state index is 0.0336. The van der Waals surface area contributed by atoms with Crippen molar-refractivity contribution >= 4 is 5.91 Å². The van der Waals surface area contributed by atoms with E-state index in [1.165, 1.54) is 0 Å². The molecule has 1 aromatic rings. The summed E-state index contributed by atoms with van der Waals surface area (Å²) in [7, 11) is 1.62. The van der Waals surface area contributed by atoms with Gasteiger partial charge in [-0.3, -0.25) is 4.79 Å². The molecule has 0 N–H and O–H groups in total. The molecule has 0 aliphatic carbocycles. The van der Waals surface area contributed by atoms with Gasteiger partial charge in [0.1, 0.15) is 11.5 Å². The summed E-state index contributed by atoms with van der Waals surface area (Å²) < 4.78 is 16.1. The van der Waals surface area contributed by atoms with Gasteiger partial charge in [0, 0.05) is 19.7 Å². The second kappa shape index (κ2) is 9.20. The number of methoxy groups -OCH3 is 1. The van der Waals surface area contributed by atoms with Gasteiger partial charge in [-0.1, -0.05) is 6.08 Å². The molecular formula is C18H25NO4. The molecule has 0 saturated carbocycles. The molecule has 0 unspecified atom stereocenters. The second-order valence-electron chi connectivity index (χ2n) is 5.61.